The van der Waals surface area contributed by atoms with Crippen molar-refractivity contribution in [3.63, 3.8) is 0 Å². The number of carbonyl (C=O) groups is 1. The lowest BCUT2D eigenvalue weighted by molar-refractivity contribution is 0.0558. The molecule has 1 atom stereocenters. The molecule has 1 aromatic heterocycles. The molecule has 27 heavy (non-hydrogen) atoms. The molecule has 1 aromatic carbocycles. The number of aromatic hydroxyl groups is 1. The molecule has 6 heteroatoms. The minimum Gasteiger partial charge on any atom is -0.506 e. The Hall–Kier alpha value is -2.60. The van der Waals surface area contributed by atoms with Gasteiger partial charge in [0.1, 0.15) is 11.4 Å². The van der Waals surface area contributed by atoms with Gasteiger partial charge in [0.05, 0.1) is 6.20 Å². The molecule has 0 aliphatic carbocycles. The van der Waals surface area contributed by atoms with E-state index in [2.05, 4.69) is 45.1 Å². The SMILES string of the molecule is O=C(c1ccc(O)cn1)N1CCC[C@H](N2CCN(c3ccccc3)CC2)C1. The molecule has 0 saturated carbocycles. The summed E-state index contributed by atoms with van der Waals surface area (Å²) in [5, 5.41) is 9.37. The highest BCUT2D eigenvalue weighted by Crippen LogP contribution is 2.22. The minimum atomic E-state index is -0.0392. The van der Waals surface area contributed by atoms with E-state index in [-0.39, 0.29) is 11.7 Å². The van der Waals surface area contributed by atoms with Crippen LogP contribution in [0.5, 0.6) is 5.75 Å². The first-order chi connectivity index (χ1) is 13.2. The van der Waals surface area contributed by atoms with Gasteiger partial charge in [-0.05, 0) is 37.1 Å². The zero-order valence-corrected chi connectivity index (χ0v) is 15.5. The molecule has 6 nitrogen and oxygen atoms in total. The standard InChI is InChI=1S/C21H26N4O2/c26-19-8-9-20(22-15-19)21(27)25-10-4-7-18(16-25)24-13-11-23(12-14-24)17-5-2-1-3-6-17/h1-3,5-6,8-9,15,18,26H,4,7,10-14,16H2/t18-/m0/s1. The third kappa shape index (κ3) is 4.06. The number of pyridine rings is 1. The Balaban J connectivity index is 1.35. The number of nitrogens with zero attached hydrogens (tertiary/aromatic N) is 4. The summed E-state index contributed by atoms with van der Waals surface area (Å²) in [6.45, 7) is 5.63. The summed E-state index contributed by atoms with van der Waals surface area (Å²) in [4.78, 5) is 23.7. The average molecular weight is 366 g/mol. The largest absolute Gasteiger partial charge is 0.506 e. The average Bonchev–Trinajstić information content (AvgIpc) is 2.75. The number of amides is 1. The zero-order chi connectivity index (χ0) is 18.6. The molecule has 2 aromatic rings. The van der Waals surface area contributed by atoms with E-state index >= 15 is 0 Å². The number of aromatic nitrogens is 1. The molecule has 0 bridgehead atoms. The summed E-state index contributed by atoms with van der Waals surface area (Å²) >= 11 is 0. The zero-order valence-electron chi connectivity index (χ0n) is 15.5. The van der Waals surface area contributed by atoms with Crippen LogP contribution in [0.15, 0.2) is 48.7 Å². The third-order valence-electron chi connectivity index (χ3n) is 5.60. The van der Waals surface area contributed by atoms with E-state index in [1.165, 1.54) is 18.0 Å². The maximum absolute atomic E-state index is 12.7. The lowest BCUT2D eigenvalue weighted by atomic mass is 10.0. The maximum atomic E-state index is 12.7. The topological polar surface area (TPSA) is 59.9 Å². The Morgan fingerprint density at radius 3 is 2.48 bits per heavy atom. The highest BCUT2D eigenvalue weighted by Gasteiger charge is 2.30. The smallest absolute Gasteiger partial charge is 0.272 e. The molecule has 2 fully saturated rings. The van der Waals surface area contributed by atoms with Gasteiger partial charge in [0.25, 0.3) is 5.91 Å². The van der Waals surface area contributed by atoms with E-state index in [0.29, 0.717) is 11.7 Å². The molecule has 2 saturated heterocycles. The quantitative estimate of drug-likeness (QED) is 0.903. The monoisotopic (exact) mass is 366 g/mol. The summed E-state index contributed by atoms with van der Waals surface area (Å²) in [6, 6.07) is 14.1. The van der Waals surface area contributed by atoms with Crippen LogP contribution < -0.4 is 4.90 Å². The Bertz CT molecular complexity index is 758. The Morgan fingerprint density at radius 2 is 1.78 bits per heavy atom. The second kappa shape index (κ2) is 7.96. The lowest BCUT2D eigenvalue weighted by Crippen LogP contribution is -2.56. The summed E-state index contributed by atoms with van der Waals surface area (Å²) in [7, 11) is 0. The van der Waals surface area contributed by atoms with Gasteiger partial charge in [-0.2, -0.15) is 0 Å². The van der Waals surface area contributed by atoms with Crippen LogP contribution in [-0.4, -0.2) is 71.1 Å². The van der Waals surface area contributed by atoms with E-state index < -0.39 is 0 Å². The number of anilines is 1. The lowest BCUT2D eigenvalue weighted by Gasteiger charge is -2.43. The second-order valence-electron chi connectivity index (χ2n) is 7.31. The normalized spacial score (nSPS) is 21.3. The van der Waals surface area contributed by atoms with Crippen molar-refractivity contribution < 1.29 is 9.90 Å². The van der Waals surface area contributed by atoms with E-state index in [0.717, 1.165) is 52.1 Å². The van der Waals surface area contributed by atoms with Gasteiger partial charge in [-0.3, -0.25) is 9.69 Å². The van der Waals surface area contributed by atoms with E-state index in [9.17, 15) is 9.90 Å². The number of piperazine rings is 1. The van der Waals surface area contributed by atoms with Gasteiger partial charge < -0.3 is 14.9 Å². The molecule has 0 spiro atoms. The van der Waals surface area contributed by atoms with Gasteiger partial charge in [0, 0.05) is 51.0 Å². The summed E-state index contributed by atoms with van der Waals surface area (Å²) in [6.07, 6.45) is 3.49. The van der Waals surface area contributed by atoms with Gasteiger partial charge in [-0.1, -0.05) is 18.2 Å². The molecule has 0 unspecified atom stereocenters. The van der Waals surface area contributed by atoms with Gasteiger partial charge in [-0.25, -0.2) is 4.98 Å². The van der Waals surface area contributed by atoms with Crippen molar-refractivity contribution in [1.29, 1.82) is 0 Å². The van der Waals surface area contributed by atoms with Crippen LogP contribution in [0.4, 0.5) is 5.69 Å². The molecule has 3 heterocycles. The number of rotatable bonds is 3. The predicted molar refractivity (Wildman–Crippen MR) is 105 cm³/mol. The summed E-state index contributed by atoms with van der Waals surface area (Å²) in [5.41, 5.74) is 1.69. The first kappa shape index (κ1) is 17.8. The Morgan fingerprint density at radius 1 is 1.00 bits per heavy atom. The summed E-state index contributed by atoms with van der Waals surface area (Å²) in [5.74, 6) is 0.0435. The van der Waals surface area contributed by atoms with E-state index in [1.54, 1.807) is 6.07 Å². The third-order valence-corrected chi connectivity index (χ3v) is 5.60. The van der Waals surface area contributed by atoms with Crippen LogP contribution in [0.3, 0.4) is 0 Å². The number of hydrogen-bond donors (Lipinski definition) is 1. The summed E-state index contributed by atoms with van der Waals surface area (Å²) < 4.78 is 0. The van der Waals surface area contributed by atoms with Crippen molar-refractivity contribution in [2.24, 2.45) is 0 Å². The second-order valence-corrected chi connectivity index (χ2v) is 7.31. The molecule has 142 valence electrons. The van der Waals surface area contributed by atoms with Gasteiger partial charge >= 0.3 is 0 Å². The van der Waals surface area contributed by atoms with Crippen LogP contribution in [0.2, 0.25) is 0 Å². The number of benzene rings is 1. The molecule has 1 amide bonds. The fraction of sp³-hybridized carbons (Fsp3) is 0.429. The van der Waals surface area contributed by atoms with Crippen LogP contribution >= 0.6 is 0 Å². The highest BCUT2D eigenvalue weighted by molar-refractivity contribution is 5.92. The molecule has 1 N–H and O–H groups in total. The van der Waals surface area contributed by atoms with Gasteiger partial charge in [0.15, 0.2) is 0 Å². The predicted octanol–water partition coefficient (Wildman–Crippen LogP) is 2.21. The van der Waals surface area contributed by atoms with Crippen molar-refractivity contribution in [2.75, 3.05) is 44.2 Å². The molecule has 0 radical (unpaired) electrons. The minimum absolute atomic E-state index is 0.0392. The van der Waals surface area contributed by atoms with E-state index in [4.69, 9.17) is 0 Å². The molecule has 4 rings (SSSR count). The molecular formula is C21H26N4O2. The Labute approximate surface area is 160 Å². The van der Waals surface area contributed by atoms with E-state index in [1.807, 2.05) is 4.90 Å². The highest BCUT2D eigenvalue weighted by atomic mass is 16.3. The Kier molecular flexibility index (Phi) is 5.25. The number of para-hydroxylation sites is 1. The first-order valence-corrected chi connectivity index (χ1v) is 9.69. The fourth-order valence-corrected chi connectivity index (χ4v) is 4.10. The maximum Gasteiger partial charge on any atom is 0.272 e. The van der Waals surface area contributed by atoms with Crippen LogP contribution in [0.25, 0.3) is 0 Å². The van der Waals surface area contributed by atoms with Crippen molar-refractivity contribution in [2.45, 2.75) is 18.9 Å². The van der Waals surface area contributed by atoms with Crippen molar-refractivity contribution >= 4 is 11.6 Å². The number of hydrogen-bond acceptors (Lipinski definition) is 5. The van der Waals surface area contributed by atoms with Crippen molar-refractivity contribution in [3.8, 4) is 5.75 Å². The molecule has 2 aliphatic heterocycles. The van der Waals surface area contributed by atoms with Crippen LogP contribution in [0, 0.1) is 0 Å². The number of carbonyl (C=O) groups excluding carboxylic acids is 1. The molecular weight excluding hydrogens is 340 g/mol. The van der Waals surface area contributed by atoms with Gasteiger partial charge in [0.2, 0.25) is 0 Å². The van der Waals surface area contributed by atoms with Crippen molar-refractivity contribution in [3.05, 3.63) is 54.4 Å². The molecule has 2 aliphatic rings. The van der Waals surface area contributed by atoms with Gasteiger partial charge in [-0.15, -0.1) is 0 Å². The first-order valence-electron chi connectivity index (χ1n) is 9.69. The van der Waals surface area contributed by atoms with Crippen LogP contribution in [-0.2, 0) is 0 Å². The van der Waals surface area contributed by atoms with Crippen LogP contribution in [0.1, 0.15) is 23.3 Å². The number of likely N-dealkylation sites (tertiary alicyclic amines) is 1. The fourth-order valence-electron chi connectivity index (χ4n) is 4.10. The van der Waals surface area contributed by atoms with Crippen molar-refractivity contribution in [1.82, 2.24) is 14.8 Å². The number of piperidine rings is 1.